The quantitative estimate of drug-likeness (QED) is 0.876. The van der Waals surface area contributed by atoms with E-state index in [1.165, 1.54) is 75.2 Å². The monoisotopic (exact) mass is 261 g/mol. The van der Waals surface area contributed by atoms with Crippen LogP contribution in [0, 0.1) is 12.8 Å². The first-order chi connectivity index (χ1) is 9.33. The summed E-state index contributed by atoms with van der Waals surface area (Å²) < 4.78 is 0. The smallest absolute Gasteiger partial charge is 0.106 e. The van der Waals surface area contributed by atoms with Crippen molar-refractivity contribution in [3.63, 3.8) is 0 Å². The second-order valence-electron chi connectivity index (χ2n) is 6.43. The predicted molar refractivity (Wildman–Crippen MR) is 78.4 cm³/mol. The fourth-order valence-corrected chi connectivity index (χ4v) is 3.77. The van der Waals surface area contributed by atoms with Crippen molar-refractivity contribution in [3.05, 3.63) is 17.2 Å². The fourth-order valence-electron chi connectivity index (χ4n) is 3.77. The van der Waals surface area contributed by atoms with Crippen molar-refractivity contribution in [1.82, 2.24) is 15.3 Å². The van der Waals surface area contributed by atoms with E-state index in [4.69, 9.17) is 4.98 Å². The number of aromatic amines is 1. The number of nitrogens with zero attached hydrogens (tertiary/aromatic N) is 1. The standard InChI is InChI=1S/C16H27N3/c1-12-16(14-5-3-2-4-6-14)19-15(18-12)11-13-7-9-17-10-8-13/h13-14,17H,2-11H2,1H3,(H,18,19). The van der Waals surface area contributed by atoms with E-state index in [1.807, 2.05) is 0 Å². The van der Waals surface area contributed by atoms with Gasteiger partial charge in [0.05, 0.1) is 5.69 Å². The maximum Gasteiger partial charge on any atom is 0.106 e. The van der Waals surface area contributed by atoms with E-state index in [0.717, 1.165) is 18.3 Å². The van der Waals surface area contributed by atoms with E-state index in [1.54, 1.807) is 0 Å². The number of aryl methyl sites for hydroxylation is 1. The molecule has 1 saturated heterocycles. The maximum atomic E-state index is 4.95. The molecule has 0 atom stereocenters. The van der Waals surface area contributed by atoms with Gasteiger partial charge in [-0.25, -0.2) is 4.98 Å². The van der Waals surface area contributed by atoms with Crippen molar-refractivity contribution < 1.29 is 0 Å². The van der Waals surface area contributed by atoms with Crippen molar-refractivity contribution in [1.29, 1.82) is 0 Å². The summed E-state index contributed by atoms with van der Waals surface area (Å²) in [5, 5.41) is 3.44. The highest BCUT2D eigenvalue weighted by Crippen LogP contribution is 2.33. The van der Waals surface area contributed by atoms with Crippen LogP contribution < -0.4 is 5.32 Å². The molecule has 2 fully saturated rings. The molecule has 106 valence electrons. The average molecular weight is 261 g/mol. The number of hydrogen-bond acceptors (Lipinski definition) is 2. The van der Waals surface area contributed by atoms with Gasteiger partial charge in [0.1, 0.15) is 5.82 Å². The van der Waals surface area contributed by atoms with Crippen LogP contribution in [0.2, 0.25) is 0 Å². The van der Waals surface area contributed by atoms with Gasteiger partial charge in [-0.05, 0) is 51.6 Å². The molecule has 3 nitrogen and oxygen atoms in total. The molecule has 19 heavy (non-hydrogen) atoms. The molecular formula is C16H27N3. The normalized spacial score (nSPS) is 22.8. The second-order valence-corrected chi connectivity index (χ2v) is 6.43. The molecule has 0 amide bonds. The summed E-state index contributed by atoms with van der Waals surface area (Å²) in [5.74, 6) is 2.79. The van der Waals surface area contributed by atoms with Crippen LogP contribution in [0.4, 0.5) is 0 Å². The van der Waals surface area contributed by atoms with Gasteiger partial charge >= 0.3 is 0 Å². The van der Waals surface area contributed by atoms with Crippen molar-refractivity contribution in [2.75, 3.05) is 13.1 Å². The van der Waals surface area contributed by atoms with Crippen molar-refractivity contribution in [3.8, 4) is 0 Å². The van der Waals surface area contributed by atoms with Crippen molar-refractivity contribution >= 4 is 0 Å². The molecule has 0 unspecified atom stereocenters. The summed E-state index contributed by atoms with van der Waals surface area (Å²) in [7, 11) is 0. The van der Waals surface area contributed by atoms with Crippen molar-refractivity contribution in [2.24, 2.45) is 5.92 Å². The molecule has 0 bridgehead atoms. The lowest BCUT2D eigenvalue weighted by molar-refractivity contribution is 0.367. The second kappa shape index (κ2) is 6.08. The number of nitrogens with one attached hydrogen (secondary N) is 2. The number of hydrogen-bond donors (Lipinski definition) is 2. The van der Waals surface area contributed by atoms with E-state index >= 15 is 0 Å². The minimum atomic E-state index is 0.728. The molecule has 2 heterocycles. The van der Waals surface area contributed by atoms with Gasteiger partial charge in [0, 0.05) is 18.0 Å². The van der Waals surface area contributed by atoms with Crippen LogP contribution in [-0.2, 0) is 6.42 Å². The number of imidazole rings is 1. The zero-order valence-corrected chi connectivity index (χ0v) is 12.2. The molecule has 1 aliphatic heterocycles. The lowest BCUT2D eigenvalue weighted by atomic mass is 9.86. The highest BCUT2D eigenvalue weighted by atomic mass is 14.9. The molecule has 1 aliphatic carbocycles. The van der Waals surface area contributed by atoms with Crippen LogP contribution in [-0.4, -0.2) is 23.1 Å². The van der Waals surface area contributed by atoms with E-state index in [-0.39, 0.29) is 0 Å². The highest BCUT2D eigenvalue weighted by Gasteiger charge is 2.22. The number of piperidine rings is 1. The molecule has 2 N–H and O–H groups in total. The molecule has 0 spiro atoms. The van der Waals surface area contributed by atoms with Crippen LogP contribution >= 0.6 is 0 Å². The Bertz CT molecular complexity index is 398. The molecule has 3 rings (SSSR count). The zero-order chi connectivity index (χ0) is 13.1. The Balaban J connectivity index is 1.66. The Morgan fingerprint density at radius 3 is 2.53 bits per heavy atom. The summed E-state index contributed by atoms with van der Waals surface area (Å²) in [6, 6.07) is 0. The molecule has 3 heteroatoms. The van der Waals surface area contributed by atoms with Crippen LogP contribution in [0.5, 0.6) is 0 Å². The topological polar surface area (TPSA) is 40.7 Å². The van der Waals surface area contributed by atoms with Crippen LogP contribution in [0.25, 0.3) is 0 Å². The average Bonchev–Trinajstić information content (AvgIpc) is 2.82. The number of aromatic nitrogens is 2. The molecule has 1 saturated carbocycles. The Labute approximate surface area is 116 Å². The maximum absolute atomic E-state index is 4.95. The number of rotatable bonds is 3. The molecule has 2 aliphatic rings. The van der Waals surface area contributed by atoms with E-state index in [9.17, 15) is 0 Å². The third-order valence-electron chi connectivity index (χ3n) is 4.90. The van der Waals surface area contributed by atoms with Gasteiger partial charge < -0.3 is 10.3 Å². The fraction of sp³-hybridized carbons (Fsp3) is 0.812. The van der Waals surface area contributed by atoms with Gasteiger partial charge in [-0.15, -0.1) is 0 Å². The summed E-state index contributed by atoms with van der Waals surface area (Å²) in [5.41, 5.74) is 2.71. The Morgan fingerprint density at radius 2 is 1.79 bits per heavy atom. The van der Waals surface area contributed by atoms with Gasteiger partial charge in [-0.2, -0.15) is 0 Å². The molecule has 1 aromatic heterocycles. The minimum Gasteiger partial charge on any atom is -0.346 e. The summed E-state index contributed by atoms with van der Waals surface area (Å²) >= 11 is 0. The molecular weight excluding hydrogens is 234 g/mol. The van der Waals surface area contributed by atoms with E-state index in [0.29, 0.717) is 0 Å². The molecule has 0 aromatic carbocycles. The summed E-state index contributed by atoms with van der Waals surface area (Å²) in [6.45, 7) is 4.57. The lowest BCUT2D eigenvalue weighted by Crippen LogP contribution is -2.28. The Morgan fingerprint density at radius 1 is 1.05 bits per heavy atom. The lowest BCUT2D eigenvalue weighted by Gasteiger charge is -2.21. The van der Waals surface area contributed by atoms with E-state index < -0.39 is 0 Å². The first-order valence-electron chi connectivity index (χ1n) is 8.09. The minimum absolute atomic E-state index is 0.728. The highest BCUT2D eigenvalue weighted by molar-refractivity contribution is 5.18. The van der Waals surface area contributed by atoms with E-state index in [2.05, 4.69) is 17.2 Å². The van der Waals surface area contributed by atoms with Gasteiger partial charge in [0.25, 0.3) is 0 Å². The third-order valence-corrected chi connectivity index (χ3v) is 4.90. The number of H-pyrrole nitrogens is 1. The van der Waals surface area contributed by atoms with Crippen LogP contribution in [0.3, 0.4) is 0 Å². The summed E-state index contributed by atoms with van der Waals surface area (Å²) in [4.78, 5) is 8.51. The van der Waals surface area contributed by atoms with Crippen LogP contribution in [0.1, 0.15) is 68.1 Å². The summed E-state index contributed by atoms with van der Waals surface area (Å²) in [6.07, 6.45) is 10.6. The van der Waals surface area contributed by atoms with Crippen LogP contribution in [0.15, 0.2) is 0 Å². The molecule has 0 radical (unpaired) electrons. The van der Waals surface area contributed by atoms with Gasteiger partial charge in [0.2, 0.25) is 0 Å². The largest absolute Gasteiger partial charge is 0.346 e. The Hall–Kier alpha value is -0.830. The zero-order valence-electron chi connectivity index (χ0n) is 12.2. The SMILES string of the molecule is Cc1[nH]c(CC2CCNCC2)nc1C1CCCCC1. The first-order valence-corrected chi connectivity index (χ1v) is 8.09. The van der Waals surface area contributed by atoms with Gasteiger partial charge in [-0.1, -0.05) is 19.3 Å². The Kier molecular flexibility index (Phi) is 4.21. The first kappa shape index (κ1) is 13.2. The van der Waals surface area contributed by atoms with Crippen molar-refractivity contribution in [2.45, 2.75) is 64.2 Å². The third kappa shape index (κ3) is 3.19. The predicted octanol–water partition coefficient (Wildman–Crippen LogP) is 3.31. The molecule has 1 aromatic rings. The van der Waals surface area contributed by atoms with Gasteiger partial charge in [-0.3, -0.25) is 0 Å². The van der Waals surface area contributed by atoms with Gasteiger partial charge in [0.15, 0.2) is 0 Å².